The molecule has 1 aliphatic heterocycles. The van der Waals surface area contributed by atoms with Gasteiger partial charge in [0.05, 0.1) is 11.6 Å². The fraction of sp³-hybridized carbons (Fsp3) is 0.571. The first-order valence-electron chi connectivity index (χ1n) is 7.20. The van der Waals surface area contributed by atoms with Gasteiger partial charge in [0.25, 0.3) is 5.91 Å². The van der Waals surface area contributed by atoms with Crippen molar-refractivity contribution in [2.45, 2.75) is 25.8 Å². The van der Waals surface area contributed by atoms with Gasteiger partial charge in [0, 0.05) is 31.6 Å². The van der Waals surface area contributed by atoms with Gasteiger partial charge in [-0.15, -0.1) is 0 Å². The smallest absolute Gasteiger partial charge is 0.254 e. The summed E-state index contributed by atoms with van der Waals surface area (Å²) in [6.45, 7) is 4.92. The molecule has 1 aromatic heterocycles. The predicted octanol–water partition coefficient (Wildman–Crippen LogP) is 1.42. The van der Waals surface area contributed by atoms with Crippen LogP contribution in [0.3, 0.4) is 0 Å². The molecule has 21 heavy (non-hydrogen) atoms. The van der Waals surface area contributed by atoms with E-state index in [1.165, 1.54) is 11.3 Å². The number of hydrogen-bond acceptors (Lipinski definition) is 5. The van der Waals surface area contributed by atoms with Gasteiger partial charge >= 0.3 is 0 Å². The number of amides is 1. The highest BCUT2D eigenvalue weighted by Crippen LogP contribution is 2.15. The number of oxime groups is 1. The molecule has 1 fully saturated rings. The van der Waals surface area contributed by atoms with Crippen LogP contribution in [0.25, 0.3) is 0 Å². The van der Waals surface area contributed by atoms with Gasteiger partial charge in [-0.3, -0.25) is 9.69 Å². The third-order valence-corrected chi connectivity index (χ3v) is 4.51. The van der Waals surface area contributed by atoms with E-state index in [-0.39, 0.29) is 17.8 Å². The zero-order valence-corrected chi connectivity index (χ0v) is 13.1. The molecule has 1 atom stereocenters. The summed E-state index contributed by atoms with van der Waals surface area (Å²) in [5.41, 5.74) is 6.54. The summed E-state index contributed by atoms with van der Waals surface area (Å²) in [6.07, 6.45) is 1.82. The summed E-state index contributed by atoms with van der Waals surface area (Å²) >= 11 is 1.53. The van der Waals surface area contributed by atoms with Crippen LogP contribution in [0.2, 0.25) is 0 Å². The van der Waals surface area contributed by atoms with Crippen LogP contribution in [0.1, 0.15) is 30.1 Å². The van der Waals surface area contributed by atoms with Crippen LogP contribution >= 0.6 is 11.3 Å². The number of nitrogens with zero attached hydrogens (tertiary/aromatic N) is 3. The predicted molar refractivity (Wildman–Crippen MR) is 83.9 cm³/mol. The summed E-state index contributed by atoms with van der Waals surface area (Å²) in [4.78, 5) is 16.3. The van der Waals surface area contributed by atoms with E-state index in [0.29, 0.717) is 13.1 Å². The zero-order chi connectivity index (χ0) is 15.2. The summed E-state index contributed by atoms with van der Waals surface area (Å²) in [5, 5.41) is 15.8. The van der Waals surface area contributed by atoms with Crippen LogP contribution < -0.4 is 5.73 Å². The standard InChI is InChI=1S/C14H22N4O2S/c1-2-3-12(13(15)16-20)17-5-7-18(8-6-17)14(19)11-4-9-21-10-11/h4,9-10,12,20H,2-3,5-8H2,1H3,(H2,15,16). The molecule has 1 unspecified atom stereocenters. The minimum atomic E-state index is -0.0431. The number of rotatable bonds is 5. The Morgan fingerprint density at radius 2 is 2.19 bits per heavy atom. The summed E-state index contributed by atoms with van der Waals surface area (Å²) in [6, 6.07) is 1.81. The van der Waals surface area contributed by atoms with E-state index in [4.69, 9.17) is 10.9 Å². The largest absolute Gasteiger partial charge is 0.409 e. The lowest BCUT2D eigenvalue weighted by atomic mass is 10.1. The Morgan fingerprint density at radius 3 is 2.71 bits per heavy atom. The molecule has 0 bridgehead atoms. The fourth-order valence-electron chi connectivity index (χ4n) is 2.66. The van der Waals surface area contributed by atoms with Gasteiger partial charge in [-0.05, 0) is 17.9 Å². The summed E-state index contributed by atoms with van der Waals surface area (Å²) < 4.78 is 0. The van der Waals surface area contributed by atoms with E-state index in [2.05, 4.69) is 17.0 Å². The number of piperazine rings is 1. The first-order chi connectivity index (χ1) is 10.2. The molecule has 6 nitrogen and oxygen atoms in total. The minimum Gasteiger partial charge on any atom is -0.409 e. The number of thiophene rings is 1. The van der Waals surface area contributed by atoms with Crippen molar-refractivity contribution in [2.75, 3.05) is 26.2 Å². The minimum absolute atomic E-state index is 0.0431. The van der Waals surface area contributed by atoms with E-state index < -0.39 is 0 Å². The molecular formula is C14H22N4O2S. The van der Waals surface area contributed by atoms with Gasteiger partial charge < -0.3 is 15.8 Å². The second-order valence-corrected chi connectivity index (χ2v) is 5.95. The molecule has 116 valence electrons. The maximum atomic E-state index is 12.3. The van der Waals surface area contributed by atoms with Gasteiger partial charge in [0.1, 0.15) is 0 Å². The average molecular weight is 310 g/mol. The number of hydrogen-bond donors (Lipinski definition) is 2. The summed E-state index contributed by atoms with van der Waals surface area (Å²) in [7, 11) is 0. The van der Waals surface area contributed by atoms with Crippen molar-refractivity contribution >= 4 is 23.1 Å². The van der Waals surface area contributed by atoms with Crippen LogP contribution in [-0.4, -0.2) is 59.0 Å². The van der Waals surface area contributed by atoms with Crippen LogP contribution in [0, 0.1) is 0 Å². The zero-order valence-electron chi connectivity index (χ0n) is 12.2. The van der Waals surface area contributed by atoms with Crippen LogP contribution in [0.4, 0.5) is 0 Å². The van der Waals surface area contributed by atoms with Crippen LogP contribution in [-0.2, 0) is 0 Å². The Labute approximate surface area is 128 Å². The molecule has 0 aliphatic carbocycles. The third kappa shape index (κ3) is 3.74. The normalized spacial score (nSPS) is 18.7. The first kappa shape index (κ1) is 15.8. The number of carbonyl (C=O) groups is 1. The molecule has 0 radical (unpaired) electrons. The lowest BCUT2D eigenvalue weighted by Gasteiger charge is -2.38. The van der Waals surface area contributed by atoms with E-state index in [9.17, 15) is 4.79 Å². The second-order valence-electron chi connectivity index (χ2n) is 5.17. The Balaban J connectivity index is 1.94. The molecule has 0 spiro atoms. The fourth-order valence-corrected chi connectivity index (χ4v) is 3.29. The van der Waals surface area contributed by atoms with E-state index in [0.717, 1.165) is 31.5 Å². The molecule has 2 heterocycles. The van der Waals surface area contributed by atoms with Gasteiger partial charge in [0.15, 0.2) is 5.84 Å². The molecule has 2 rings (SSSR count). The Morgan fingerprint density at radius 1 is 1.48 bits per heavy atom. The SMILES string of the molecule is CCCC(C(N)=NO)N1CCN(C(=O)c2ccsc2)CC1. The molecule has 1 amide bonds. The van der Waals surface area contributed by atoms with E-state index >= 15 is 0 Å². The number of carbonyl (C=O) groups excluding carboxylic acids is 1. The Hall–Kier alpha value is -1.60. The van der Waals surface area contributed by atoms with Gasteiger partial charge in [-0.25, -0.2) is 0 Å². The van der Waals surface area contributed by atoms with Crippen molar-refractivity contribution < 1.29 is 10.0 Å². The van der Waals surface area contributed by atoms with E-state index in [1.54, 1.807) is 0 Å². The molecule has 0 saturated carbocycles. The highest BCUT2D eigenvalue weighted by Gasteiger charge is 2.28. The Kier molecular flexibility index (Phi) is 5.58. The van der Waals surface area contributed by atoms with Gasteiger partial charge in [-0.1, -0.05) is 18.5 Å². The van der Waals surface area contributed by atoms with Crippen LogP contribution in [0.15, 0.2) is 22.0 Å². The maximum absolute atomic E-state index is 12.3. The lowest BCUT2D eigenvalue weighted by Crippen LogP contribution is -2.55. The van der Waals surface area contributed by atoms with Crippen molar-refractivity contribution in [2.24, 2.45) is 10.9 Å². The maximum Gasteiger partial charge on any atom is 0.254 e. The van der Waals surface area contributed by atoms with Crippen molar-refractivity contribution in [1.29, 1.82) is 0 Å². The van der Waals surface area contributed by atoms with Gasteiger partial charge in [-0.2, -0.15) is 11.3 Å². The highest BCUT2D eigenvalue weighted by atomic mass is 32.1. The molecule has 1 aromatic rings. The molecule has 0 aromatic carbocycles. The molecule has 3 N–H and O–H groups in total. The van der Waals surface area contributed by atoms with E-state index in [1.807, 2.05) is 21.7 Å². The summed E-state index contributed by atoms with van der Waals surface area (Å²) in [5.74, 6) is 0.348. The topological polar surface area (TPSA) is 82.2 Å². The van der Waals surface area contributed by atoms with Crippen LogP contribution in [0.5, 0.6) is 0 Å². The molecule has 1 aliphatic rings. The third-order valence-electron chi connectivity index (χ3n) is 3.83. The number of nitrogens with two attached hydrogens (primary N) is 1. The Bertz CT molecular complexity index is 481. The average Bonchev–Trinajstić information content (AvgIpc) is 3.06. The van der Waals surface area contributed by atoms with Gasteiger partial charge in [0.2, 0.25) is 0 Å². The first-order valence-corrected chi connectivity index (χ1v) is 8.14. The van der Waals surface area contributed by atoms with Crippen molar-refractivity contribution in [3.63, 3.8) is 0 Å². The second kappa shape index (κ2) is 7.42. The monoisotopic (exact) mass is 310 g/mol. The highest BCUT2D eigenvalue weighted by molar-refractivity contribution is 7.08. The molecule has 7 heteroatoms. The molecular weight excluding hydrogens is 288 g/mol. The quantitative estimate of drug-likeness (QED) is 0.373. The van der Waals surface area contributed by atoms with Crippen molar-refractivity contribution in [3.8, 4) is 0 Å². The number of amidine groups is 1. The lowest BCUT2D eigenvalue weighted by molar-refractivity contribution is 0.0606. The van der Waals surface area contributed by atoms with Crippen molar-refractivity contribution in [1.82, 2.24) is 9.80 Å². The van der Waals surface area contributed by atoms with Crippen molar-refractivity contribution in [3.05, 3.63) is 22.4 Å². The molecule has 1 saturated heterocycles.